The van der Waals surface area contributed by atoms with Crippen LogP contribution in [0.15, 0.2) is 59.1 Å². The number of nitrogens with one attached hydrogen (secondary N) is 1. The summed E-state index contributed by atoms with van der Waals surface area (Å²) in [5.41, 5.74) is 3.62. The van der Waals surface area contributed by atoms with Crippen LogP contribution < -0.4 is 10.2 Å². The highest BCUT2D eigenvalue weighted by molar-refractivity contribution is 6.04. The summed E-state index contributed by atoms with van der Waals surface area (Å²) in [4.78, 5) is 25.9. The second-order valence-electron chi connectivity index (χ2n) is 6.16. The molecule has 1 aliphatic rings. The van der Waals surface area contributed by atoms with Gasteiger partial charge in [0.2, 0.25) is 5.91 Å². The van der Waals surface area contributed by atoms with Gasteiger partial charge in [0.25, 0.3) is 5.91 Å². The Balaban J connectivity index is 1.53. The van der Waals surface area contributed by atoms with Gasteiger partial charge in [-0.1, -0.05) is 41.6 Å². The summed E-state index contributed by atoms with van der Waals surface area (Å²) in [6.45, 7) is 2.21. The van der Waals surface area contributed by atoms with Crippen molar-refractivity contribution in [2.45, 2.75) is 13.3 Å². The molecule has 1 aromatic heterocycles. The minimum atomic E-state index is -0.358. The SMILES string of the molecule is CC(=O)N1CCc2ccc(NC(=O)c3cc(-c4ccccc4)on3)cc21. The molecular weight excluding hydrogens is 330 g/mol. The first kappa shape index (κ1) is 16.1. The number of aromatic nitrogens is 1. The second kappa shape index (κ2) is 6.48. The molecule has 130 valence electrons. The van der Waals surface area contributed by atoms with Gasteiger partial charge in [-0.3, -0.25) is 9.59 Å². The molecule has 6 nitrogen and oxygen atoms in total. The van der Waals surface area contributed by atoms with Crippen LogP contribution in [-0.2, 0) is 11.2 Å². The van der Waals surface area contributed by atoms with Crippen LogP contribution in [0, 0.1) is 0 Å². The molecule has 26 heavy (non-hydrogen) atoms. The van der Waals surface area contributed by atoms with E-state index in [4.69, 9.17) is 4.52 Å². The van der Waals surface area contributed by atoms with Crippen molar-refractivity contribution in [3.63, 3.8) is 0 Å². The minimum Gasteiger partial charge on any atom is -0.355 e. The molecule has 0 saturated carbocycles. The summed E-state index contributed by atoms with van der Waals surface area (Å²) in [5, 5.41) is 6.67. The third-order valence-corrected chi connectivity index (χ3v) is 4.42. The van der Waals surface area contributed by atoms with Gasteiger partial charge in [-0.15, -0.1) is 0 Å². The Morgan fingerprint density at radius 2 is 1.92 bits per heavy atom. The molecule has 0 aliphatic carbocycles. The van der Waals surface area contributed by atoms with Gasteiger partial charge >= 0.3 is 0 Å². The number of rotatable bonds is 3. The monoisotopic (exact) mass is 347 g/mol. The maximum atomic E-state index is 12.5. The van der Waals surface area contributed by atoms with Gasteiger partial charge in [0.05, 0.1) is 0 Å². The van der Waals surface area contributed by atoms with Gasteiger partial charge in [-0.05, 0) is 24.1 Å². The fourth-order valence-electron chi connectivity index (χ4n) is 3.10. The van der Waals surface area contributed by atoms with Crippen LogP contribution in [0.1, 0.15) is 23.0 Å². The van der Waals surface area contributed by atoms with Gasteiger partial charge in [0, 0.05) is 36.5 Å². The molecule has 2 amide bonds. The highest BCUT2D eigenvalue weighted by atomic mass is 16.5. The van der Waals surface area contributed by atoms with E-state index < -0.39 is 0 Å². The van der Waals surface area contributed by atoms with E-state index in [-0.39, 0.29) is 17.5 Å². The standard InChI is InChI=1S/C20H17N3O3/c1-13(24)23-10-9-14-7-8-16(11-18(14)23)21-20(25)17-12-19(26-22-17)15-5-3-2-4-6-15/h2-8,11-12H,9-10H2,1H3,(H,21,25). The molecule has 0 atom stereocenters. The van der Waals surface area contributed by atoms with Crippen LogP contribution >= 0.6 is 0 Å². The number of nitrogens with zero attached hydrogens (tertiary/aromatic N) is 2. The number of amides is 2. The predicted molar refractivity (Wildman–Crippen MR) is 98.1 cm³/mol. The van der Waals surface area contributed by atoms with Gasteiger partial charge < -0.3 is 14.7 Å². The average Bonchev–Trinajstić information content (AvgIpc) is 3.29. The molecule has 0 spiro atoms. The van der Waals surface area contributed by atoms with Crippen molar-refractivity contribution in [1.82, 2.24) is 5.16 Å². The molecular formula is C20H17N3O3. The molecule has 0 saturated heterocycles. The van der Waals surface area contributed by atoms with E-state index in [0.717, 1.165) is 23.2 Å². The van der Waals surface area contributed by atoms with Crippen molar-refractivity contribution in [2.75, 3.05) is 16.8 Å². The van der Waals surface area contributed by atoms with E-state index in [1.807, 2.05) is 48.5 Å². The Kier molecular flexibility index (Phi) is 4.01. The number of fused-ring (bicyclic) bond motifs is 1. The number of hydrogen-bond donors (Lipinski definition) is 1. The fourth-order valence-corrected chi connectivity index (χ4v) is 3.10. The van der Waals surface area contributed by atoms with Crippen LogP contribution in [0.25, 0.3) is 11.3 Å². The summed E-state index contributed by atoms with van der Waals surface area (Å²) < 4.78 is 5.27. The van der Waals surface area contributed by atoms with Crippen LogP contribution in [0.2, 0.25) is 0 Å². The number of carbonyl (C=O) groups excluding carboxylic acids is 2. The number of carbonyl (C=O) groups is 2. The zero-order valence-electron chi connectivity index (χ0n) is 14.2. The van der Waals surface area contributed by atoms with Crippen molar-refractivity contribution < 1.29 is 14.1 Å². The molecule has 4 rings (SSSR count). The molecule has 3 aromatic rings. The van der Waals surface area contributed by atoms with Crippen molar-refractivity contribution in [3.05, 3.63) is 65.9 Å². The van der Waals surface area contributed by atoms with Gasteiger partial charge in [0.1, 0.15) is 0 Å². The zero-order valence-corrected chi connectivity index (χ0v) is 14.2. The van der Waals surface area contributed by atoms with Crippen LogP contribution in [0.3, 0.4) is 0 Å². The molecule has 1 aliphatic heterocycles. The molecule has 2 aromatic carbocycles. The van der Waals surface area contributed by atoms with Crippen molar-refractivity contribution in [1.29, 1.82) is 0 Å². The Bertz CT molecular complexity index is 979. The highest BCUT2D eigenvalue weighted by Crippen LogP contribution is 2.31. The molecule has 0 unspecified atom stereocenters. The minimum absolute atomic E-state index is 0.00349. The molecule has 0 bridgehead atoms. The summed E-state index contributed by atoms with van der Waals surface area (Å²) in [6, 6.07) is 16.7. The van der Waals surface area contributed by atoms with Crippen molar-refractivity contribution in [2.24, 2.45) is 0 Å². The maximum absolute atomic E-state index is 12.5. The quantitative estimate of drug-likeness (QED) is 0.787. The van der Waals surface area contributed by atoms with E-state index in [1.165, 1.54) is 0 Å². The summed E-state index contributed by atoms with van der Waals surface area (Å²) in [6.07, 6.45) is 0.826. The Hall–Kier alpha value is -3.41. The second-order valence-corrected chi connectivity index (χ2v) is 6.16. The lowest BCUT2D eigenvalue weighted by molar-refractivity contribution is -0.116. The van der Waals surface area contributed by atoms with Gasteiger partial charge in [-0.2, -0.15) is 0 Å². The summed E-state index contributed by atoms with van der Waals surface area (Å²) >= 11 is 0. The summed E-state index contributed by atoms with van der Waals surface area (Å²) in [5.74, 6) is 0.173. The third kappa shape index (κ3) is 2.97. The summed E-state index contributed by atoms with van der Waals surface area (Å²) in [7, 11) is 0. The highest BCUT2D eigenvalue weighted by Gasteiger charge is 2.23. The molecule has 0 fully saturated rings. The van der Waals surface area contributed by atoms with E-state index >= 15 is 0 Å². The largest absolute Gasteiger partial charge is 0.355 e. The first-order valence-electron chi connectivity index (χ1n) is 8.36. The van der Waals surface area contributed by atoms with Crippen LogP contribution in [0.5, 0.6) is 0 Å². The third-order valence-electron chi connectivity index (χ3n) is 4.42. The first-order chi connectivity index (χ1) is 12.6. The fraction of sp³-hybridized carbons (Fsp3) is 0.150. The predicted octanol–water partition coefficient (Wildman–Crippen LogP) is 3.50. The zero-order chi connectivity index (χ0) is 18.1. The lowest BCUT2D eigenvalue weighted by atomic mass is 10.1. The van der Waals surface area contributed by atoms with Gasteiger partial charge in [-0.25, -0.2) is 0 Å². The van der Waals surface area contributed by atoms with E-state index in [2.05, 4.69) is 10.5 Å². The van der Waals surface area contributed by atoms with Crippen molar-refractivity contribution in [3.8, 4) is 11.3 Å². The van der Waals surface area contributed by atoms with E-state index in [0.29, 0.717) is 18.0 Å². The molecule has 2 heterocycles. The normalized spacial score (nSPS) is 12.7. The van der Waals surface area contributed by atoms with E-state index in [1.54, 1.807) is 17.9 Å². The first-order valence-corrected chi connectivity index (χ1v) is 8.36. The molecule has 0 radical (unpaired) electrons. The number of benzene rings is 2. The van der Waals surface area contributed by atoms with Crippen LogP contribution in [0.4, 0.5) is 11.4 Å². The Labute approximate surface area is 150 Å². The molecule has 1 N–H and O–H groups in total. The van der Waals surface area contributed by atoms with Crippen LogP contribution in [-0.4, -0.2) is 23.5 Å². The Morgan fingerprint density at radius 1 is 1.12 bits per heavy atom. The number of hydrogen-bond acceptors (Lipinski definition) is 4. The number of anilines is 2. The molecule has 6 heteroatoms. The van der Waals surface area contributed by atoms with E-state index in [9.17, 15) is 9.59 Å². The van der Waals surface area contributed by atoms with Crippen molar-refractivity contribution >= 4 is 23.2 Å². The lowest BCUT2D eigenvalue weighted by Gasteiger charge is -2.15. The topological polar surface area (TPSA) is 75.4 Å². The Morgan fingerprint density at radius 3 is 2.69 bits per heavy atom. The average molecular weight is 347 g/mol. The lowest BCUT2D eigenvalue weighted by Crippen LogP contribution is -2.25. The smallest absolute Gasteiger partial charge is 0.277 e. The van der Waals surface area contributed by atoms with Gasteiger partial charge in [0.15, 0.2) is 11.5 Å². The maximum Gasteiger partial charge on any atom is 0.277 e.